The van der Waals surface area contributed by atoms with Gasteiger partial charge in [-0.05, 0) is 47.0 Å². The first kappa shape index (κ1) is 19.2. The van der Waals surface area contributed by atoms with Crippen LogP contribution in [0.4, 0.5) is 0 Å². The number of benzene rings is 4. The molecule has 158 valence electrons. The van der Waals surface area contributed by atoms with Crippen LogP contribution in [0.15, 0.2) is 97.1 Å². The Hall–Kier alpha value is -4.51. The van der Waals surface area contributed by atoms with Crippen LogP contribution in [0.3, 0.4) is 0 Å². The van der Waals surface area contributed by atoms with Crippen molar-refractivity contribution in [3.8, 4) is 28.2 Å². The first-order valence-electron chi connectivity index (χ1n) is 10.8. The van der Waals surface area contributed by atoms with Crippen LogP contribution in [0, 0.1) is 0 Å². The molecular formula is C28H19N3O2. The fraction of sp³-hybridized carbons (Fsp3) is 0.0357. The summed E-state index contributed by atoms with van der Waals surface area (Å²) in [6.07, 6.45) is 0.232. The first-order valence-corrected chi connectivity index (χ1v) is 10.8. The van der Waals surface area contributed by atoms with E-state index in [-0.39, 0.29) is 18.2 Å². The molecule has 0 saturated carbocycles. The Kier molecular flexibility index (Phi) is 4.40. The Morgan fingerprint density at radius 1 is 0.727 bits per heavy atom. The molecule has 1 aliphatic heterocycles. The maximum Gasteiger partial charge on any atom is 0.258 e. The second-order valence-corrected chi connectivity index (χ2v) is 8.10. The molecule has 1 aromatic heterocycles. The van der Waals surface area contributed by atoms with Gasteiger partial charge in [0.2, 0.25) is 5.91 Å². The molecule has 0 fully saturated rings. The minimum absolute atomic E-state index is 0.232. The van der Waals surface area contributed by atoms with Gasteiger partial charge in [0.05, 0.1) is 17.5 Å². The molecule has 0 spiro atoms. The molecule has 0 aliphatic carbocycles. The number of rotatable bonds is 3. The molecule has 5 heteroatoms. The fourth-order valence-corrected chi connectivity index (χ4v) is 4.40. The van der Waals surface area contributed by atoms with Crippen molar-refractivity contribution in [2.75, 3.05) is 0 Å². The third kappa shape index (κ3) is 3.31. The van der Waals surface area contributed by atoms with Gasteiger partial charge in [0.15, 0.2) is 0 Å². The monoisotopic (exact) mass is 429 g/mol. The Labute approximate surface area is 190 Å². The van der Waals surface area contributed by atoms with Gasteiger partial charge < -0.3 is 0 Å². The molecule has 0 radical (unpaired) electrons. The molecule has 0 bridgehead atoms. The third-order valence-electron chi connectivity index (χ3n) is 6.01. The van der Waals surface area contributed by atoms with E-state index in [1.165, 1.54) is 0 Å². The number of imidazole rings is 1. The zero-order valence-electron chi connectivity index (χ0n) is 17.7. The standard InChI is InChI=1S/C28H19N3O2/c32-26-17-21-15-14-20(16-23(21)28(33)30-26)18-10-12-19(13-11-18)27-29-24-8-4-5-9-25(24)31(27)22-6-2-1-3-7-22/h1-16H,17H2,(H,30,32,33). The number of para-hydroxylation sites is 3. The zero-order chi connectivity index (χ0) is 22.4. The lowest BCUT2D eigenvalue weighted by Crippen LogP contribution is -2.37. The van der Waals surface area contributed by atoms with Crippen LogP contribution in [-0.4, -0.2) is 21.4 Å². The molecule has 2 heterocycles. The average molecular weight is 429 g/mol. The van der Waals surface area contributed by atoms with E-state index >= 15 is 0 Å². The number of imide groups is 1. The summed E-state index contributed by atoms with van der Waals surface area (Å²) in [6.45, 7) is 0. The molecule has 0 unspecified atom stereocenters. The highest BCUT2D eigenvalue weighted by Crippen LogP contribution is 2.31. The van der Waals surface area contributed by atoms with E-state index in [0.717, 1.165) is 44.8 Å². The molecule has 5 nitrogen and oxygen atoms in total. The van der Waals surface area contributed by atoms with Crippen molar-refractivity contribution in [3.05, 3.63) is 108 Å². The number of nitrogens with zero attached hydrogens (tertiary/aromatic N) is 2. The van der Waals surface area contributed by atoms with Gasteiger partial charge in [0, 0.05) is 16.8 Å². The molecule has 5 aromatic rings. The number of fused-ring (bicyclic) bond motifs is 2. The van der Waals surface area contributed by atoms with Crippen molar-refractivity contribution in [1.29, 1.82) is 0 Å². The highest BCUT2D eigenvalue weighted by atomic mass is 16.2. The van der Waals surface area contributed by atoms with Crippen molar-refractivity contribution in [2.24, 2.45) is 0 Å². The topological polar surface area (TPSA) is 64.0 Å². The predicted molar refractivity (Wildman–Crippen MR) is 128 cm³/mol. The van der Waals surface area contributed by atoms with Gasteiger partial charge in [-0.15, -0.1) is 0 Å². The van der Waals surface area contributed by atoms with E-state index in [4.69, 9.17) is 4.98 Å². The molecule has 6 rings (SSSR count). The van der Waals surface area contributed by atoms with E-state index in [1.54, 1.807) is 0 Å². The fourth-order valence-electron chi connectivity index (χ4n) is 4.40. The first-order chi connectivity index (χ1) is 16.2. The summed E-state index contributed by atoms with van der Waals surface area (Å²) in [6, 6.07) is 32.2. The Morgan fingerprint density at radius 3 is 2.24 bits per heavy atom. The van der Waals surface area contributed by atoms with Crippen LogP contribution in [0.5, 0.6) is 0 Å². The van der Waals surface area contributed by atoms with Crippen molar-refractivity contribution >= 4 is 22.8 Å². The summed E-state index contributed by atoms with van der Waals surface area (Å²) in [5.41, 5.74) is 7.30. The van der Waals surface area contributed by atoms with Gasteiger partial charge in [-0.2, -0.15) is 0 Å². The molecule has 33 heavy (non-hydrogen) atoms. The number of aromatic nitrogens is 2. The zero-order valence-corrected chi connectivity index (χ0v) is 17.7. The van der Waals surface area contributed by atoms with Gasteiger partial charge in [-0.25, -0.2) is 4.98 Å². The van der Waals surface area contributed by atoms with Crippen LogP contribution >= 0.6 is 0 Å². The van der Waals surface area contributed by atoms with Crippen molar-refractivity contribution in [1.82, 2.24) is 14.9 Å². The van der Waals surface area contributed by atoms with Crippen LogP contribution in [0.25, 0.3) is 39.2 Å². The molecule has 1 aliphatic rings. The van der Waals surface area contributed by atoms with Gasteiger partial charge in [-0.1, -0.05) is 66.7 Å². The van der Waals surface area contributed by atoms with Crippen molar-refractivity contribution in [2.45, 2.75) is 6.42 Å². The Bertz CT molecular complexity index is 1530. The number of nitrogens with one attached hydrogen (secondary N) is 1. The third-order valence-corrected chi connectivity index (χ3v) is 6.01. The maximum atomic E-state index is 12.2. The lowest BCUT2D eigenvalue weighted by molar-refractivity contribution is -0.119. The number of hydrogen-bond acceptors (Lipinski definition) is 3. The van der Waals surface area contributed by atoms with E-state index < -0.39 is 0 Å². The maximum absolute atomic E-state index is 12.2. The highest BCUT2D eigenvalue weighted by Gasteiger charge is 2.22. The minimum atomic E-state index is -0.337. The normalized spacial score (nSPS) is 13.1. The van der Waals surface area contributed by atoms with E-state index in [9.17, 15) is 9.59 Å². The second kappa shape index (κ2) is 7.57. The summed E-state index contributed by atoms with van der Waals surface area (Å²) in [5.74, 6) is 0.277. The van der Waals surface area contributed by atoms with E-state index in [0.29, 0.717) is 5.56 Å². The van der Waals surface area contributed by atoms with Gasteiger partial charge in [-0.3, -0.25) is 19.5 Å². The van der Waals surface area contributed by atoms with Gasteiger partial charge in [0.25, 0.3) is 5.91 Å². The summed E-state index contributed by atoms with van der Waals surface area (Å²) >= 11 is 0. The average Bonchev–Trinajstić information content (AvgIpc) is 3.24. The van der Waals surface area contributed by atoms with Crippen molar-refractivity contribution < 1.29 is 9.59 Å². The summed E-state index contributed by atoms with van der Waals surface area (Å²) < 4.78 is 2.17. The highest BCUT2D eigenvalue weighted by molar-refractivity contribution is 6.10. The quantitative estimate of drug-likeness (QED) is 0.402. The SMILES string of the molecule is O=C1Cc2ccc(-c3ccc(-c4nc5ccccc5n4-c4ccccc4)cc3)cc2C(=O)N1. The smallest absolute Gasteiger partial charge is 0.258 e. The van der Waals surface area contributed by atoms with Crippen LogP contribution < -0.4 is 5.32 Å². The van der Waals surface area contributed by atoms with Gasteiger partial charge >= 0.3 is 0 Å². The molecule has 1 N–H and O–H groups in total. The molecule has 0 atom stereocenters. The number of carbonyl (C=O) groups excluding carboxylic acids is 2. The van der Waals surface area contributed by atoms with Crippen LogP contribution in [-0.2, 0) is 11.2 Å². The second-order valence-electron chi connectivity index (χ2n) is 8.10. The summed E-state index contributed by atoms with van der Waals surface area (Å²) in [7, 11) is 0. The summed E-state index contributed by atoms with van der Waals surface area (Å²) in [5, 5.41) is 2.39. The largest absolute Gasteiger partial charge is 0.292 e. The van der Waals surface area contributed by atoms with Crippen LogP contribution in [0.1, 0.15) is 15.9 Å². The van der Waals surface area contributed by atoms with E-state index in [1.807, 2.05) is 66.7 Å². The Balaban J connectivity index is 1.42. The van der Waals surface area contributed by atoms with Crippen LogP contribution in [0.2, 0.25) is 0 Å². The number of amides is 2. The lowest BCUT2D eigenvalue weighted by Gasteiger charge is -2.16. The molecule has 4 aromatic carbocycles. The molecular weight excluding hydrogens is 410 g/mol. The summed E-state index contributed by atoms with van der Waals surface area (Å²) in [4.78, 5) is 28.8. The number of hydrogen-bond donors (Lipinski definition) is 1. The predicted octanol–water partition coefficient (Wildman–Crippen LogP) is 5.17. The Morgan fingerprint density at radius 2 is 1.42 bits per heavy atom. The molecule has 2 amide bonds. The van der Waals surface area contributed by atoms with Crippen molar-refractivity contribution in [3.63, 3.8) is 0 Å². The lowest BCUT2D eigenvalue weighted by atomic mass is 9.94. The number of carbonyl (C=O) groups is 2. The minimum Gasteiger partial charge on any atom is -0.292 e. The van der Waals surface area contributed by atoms with Gasteiger partial charge in [0.1, 0.15) is 5.82 Å². The van der Waals surface area contributed by atoms with E-state index in [2.05, 4.69) is 40.2 Å². The molecule has 0 saturated heterocycles.